The Morgan fingerprint density at radius 1 is 1.27 bits per heavy atom. The predicted octanol–water partition coefficient (Wildman–Crippen LogP) is 3.62. The summed E-state index contributed by atoms with van der Waals surface area (Å²) in [7, 11) is 0. The lowest BCUT2D eigenvalue weighted by Crippen LogP contribution is -2.35. The first kappa shape index (κ1) is 15.7. The molecule has 5 heteroatoms. The highest BCUT2D eigenvalue weighted by Gasteiger charge is 2.42. The van der Waals surface area contributed by atoms with Crippen molar-refractivity contribution in [3.8, 4) is 0 Å². The van der Waals surface area contributed by atoms with Gasteiger partial charge < -0.3 is 15.7 Å². The molecule has 2 aliphatic rings. The standard InChI is InChI=1S/C17H24N2O2S/c20-12-17(9-10-17)11-18-16(21)19-14-7-3-4-8-15(14)22-13-5-1-2-6-13/h3-4,7-8,13,20H,1-2,5-6,9-12H2,(H2,18,19,21). The lowest BCUT2D eigenvalue weighted by molar-refractivity contribution is 0.206. The Kier molecular flexibility index (Phi) is 4.93. The topological polar surface area (TPSA) is 61.4 Å². The Bertz CT molecular complexity index is 525. The van der Waals surface area contributed by atoms with Crippen LogP contribution in [-0.4, -0.2) is 29.5 Å². The number of nitrogens with one attached hydrogen (secondary N) is 2. The number of amides is 2. The molecule has 2 saturated carbocycles. The fraction of sp³-hybridized carbons (Fsp3) is 0.588. The second-order valence-corrected chi connectivity index (χ2v) is 7.83. The highest BCUT2D eigenvalue weighted by Crippen LogP contribution is 2.44. The van der Waals surface area contributed by atoms with Gasteiger partial charge in [-0.05, 0) is 37.8 Å². The van der Waals surface area contributed by atoms with Crippen molar-refractivity contribution in [2.24, 2.45) is 5.41 Å². The summed E-state index contributed by atoms with van der Waals surface area (Å²) in [6.07, 6.45) is 7.16. The number of rotatable bonds is 6. The summed E-state index contributed by atoms with van der Waals surface area (Å²) in [5.74, 6) is 0. The lowest BCUT2D eigenvalue weighted by Gasteiger charge is -2.16. The molecule has 0 unspecified atom stereocenters. The minimum absolute atomic E-state index is 0.0601. The van der Waals surface area contributed by atoms with Crippen LogP contribution in [0.3, 0.4) is 0 Å². The van der Waals surface area contributed by atoms with Gasteiger partial charge in [-0.15, -0.1) is 11.8 Å². The van der Waals surface area contributed by atoms with E-state index in [9.17, 15) is 9.90 Å². The van der Waals surface area contributed by atoms with E-state index in [0.717, 1.165) is 23.4 Å². The van der Waals surface area contributed by atoms with Crippen molar-refractivity contribution in [2.45, 2.75) is 48.7 Å². The van der Waals surface area contributed by atoms with E-state index in [1.54, 1.807) is 0 Å². The molecular weight excluding hydrogens is 296 g/mol. The minimum atomic E-state index is -0.181. The maximum Gasteiger partial charge on any atom is 0.319 e. The van der Waals surface area contributed by atoms with E-state index >= 15 is 0 Å². The lowest BCUT2D eigenvalue weighted by atomic mass is 10.1. The van der Waals surface area contributed by atoms with Gasteiger partial charge in [0.1, 0.15) is 0 Å². The van der Waals surface area contributed by atoms with Gasteiger partial charge in [0.2, 0.25) is 0 Å². The third-order valence-electron chi connectivity index (χ3n) is 4.65. The maximum absolute atomic E-state index is 12.1. The molecule has 120 valence electrons. The van der Waals surface area contributed by atoms with Gasteiger partial charge in [0.25, 0.3) is 0 Å². The number of carbonyl (C=O) groups excluding carboxylic acids is 1. The maximum atomic E-state index is 12.1. The van der Waals surface area contributed by atoms with Crippen molar-refractivity contribution < 1.29 is 9.90 Å². The first-order valence-electron chi connectivity index (χ1n) is 8.12. The highest BCUT2D eigenvalue weighted by atomic mass is 32.2. The van der Waals surface area contributed by atoms with Gasteiger partial charge in [-0.3, -0.25) is 0 Å². The fourth-order valence-corrected chi connectivity index (χ4v) is 4.19. The molecule has 3 rings (SSSR count). The number of para-hydroxylation sites is 1. The van der Waals surface area contributed by atoms with Crippen molar-refractivity contribution in [3.63, 3.8) is 0 Å². The molecule has 1 aromatic carbocycles. The van der Waals surface area contributed by atoms with E-state index in [1.165, 1.54) is 25.7 Å². The van der Waals surface area contributed by atoms with Crippen LogP contribution in [0.25, 0.3) is 0 Å². The smallest absolute Gasteiger partial charge is 0.319 e. The van der Waals surface area contributed by atoms with Gasteiger partial charge in [0.15, 0.2) is 0 Å². The molecule has 0 heterocycles. The predicted molar refractivity (Wildman–Crippen MR) is 90.3 cm³/mol. The number of hydrogen-bond acceptors (Lipinski definition) is 3. The summed E-state index contributed by atoms with van der Waals surface area (Å²) < 4.78 is 0. The third-order valence-corrected chi connectivity index (χ3v) is 6.06. The average Bonchev–Trinajstić information content (AvgIpc) is 3.14. The monoisotopic (exact) mass is 320 g/mol. The average molecular weight is 320 g/mol. The van der Waals surface area contributed by atoms with E-state index < -0.39 is 0 Å². The molecule has 22 heavy (non-hydrogen) atoms. The number of urea groups is 1. The molecule has 0 bridgehead atoms. The van der Waals surface area contributed by atoms with Gasteiger partial charge in [-0.1, -0.05) is 25.0 Å². The molecule has 0 spiro atoms. The number of benzene rings is 1. The van der Waals surface area contributed by atoms with E-state index in [2.05, 4.69) is 16.7 Å². The van der Waals surface area contributed by atoms with E-state index in [-0.39, 0.29) is 18.1 Å². The molecule has 2 aliphatic carbocycles. The van der Waals surface area contributed by atoms with Crippen molar-refractivity contribution in [1.82, 2.24) is 5.32 Å². The Labute approximate surface area is 136 Å². The fourth-order valence-electron chi connectivity index (χ4n) is 2.86. The molecule has 4 nitrogen and oxygen atoms in total. The Morgan fingerprint density at radius 2 is 2.00 bits per heavy atom. The number of carbonyl (C=O) groups is 1. The molecule has 3 N–H and O–H groups in total. The van der Waals surface area contributed by atoms with Crippen molar-refractivity contribution >= 4 is 23.5 Å². The van der Waals surface area contributed by atoms with Gasteiger partial charge >= 0.3 is 6.03 Å². The van der Waals surface area contributed by atoms with Crippen LogP contribution in [0, 0.1) is 5.41 Å². The van der Waals surface area contributed by atoms with Crippen LogP contribution in [0.4, 0.5) is 10.5 Å². The minimum Gasteiger partial charge on any atom is -0.396 e. The molecular formula is C17H24N2O2S. The summed E-state index contributed by atoms with van der Waals surface area (Å²) in [6.45, 7) is 0.703. The van der Waals surface area contributed by atoms with Gasteiger partial charge in [0, 0.05) is 22.1 Å². The Morgan fingerprint density at radius 3 is 2.68 bits per heavy atom. The number of anilines is 1. The Balaban J connectivity index is 1.55. The van der Waals surface area contributed by atoms with E-state index in [1.807, 2.05) is 30.0 Å². The second kappa shape index (κ2) is 6.92. The number of thioether (sulfide) groups is 1. The number of aliphatic hydroxyl groups excluding tert-OH is 1. The van der Waals surface area contributed by atoms with Crippen molar-refractivity contribution in [2.75, 3.05) is 18.5 Å². The molecule has 1 aromatic rings. The van der Waals surface area contributed by atoms with Crippen LogP contribution in [0.1, 0.15) is 38.5 Å². The molecule has 0 aromatic heterocycles. The zero-order valence-electron chi connectivity index (χ0n) is 12.8. The summed E-state index contributed by atoms with van der Waals surface area (Å²) in [5, 5.41) is 15.8. The molecule has 2 amide bonds. The van der Waals surface area contributed by atoms with Crippen LogP contribution in [-0.2, 0) is 0 Å². The first-order valence-corrected chi connectivity index (χ1v) is 9.00. The summed E-state index contributed by atoms with van der Waals surface area (Å²) in [4.78, 5) is 13.2. The first-order chi connectivity index (χ1) is 10.7. The zero-order chi connectivity index (χ0) is 15.4. The molecule has 0 atom stereocenters. The van der Waals surface area contributed by atoms with Crippen LogP contribution >= 0.6 is 11.8 Å². The third kappa shape index (κ3) is 3.96. The largest absolute Gasteiger partial charge is 0.396 e. The second-order valence-electron chi connectivity index (χ2n) is 6.49. The van der Waals surface area contributed by atoms with Crippen LogP contribution in [0.5, 0.6) is 0 Å². The van der Waals surface area contributed by atoms with Gasteiger partial charge in [0.05, 0.1) is 12.3 Å². The summed E-state index contributed by atoms with van der Waals surface area (Å²) in [5.41, 5.74) is 0.820. The van der Waals surface area contributed by atoms with E-state index in [0.29, 0.717) is 11.8 Å². The summed E-state index contributed by atoms with van der Waals surface area (Å²) >= 11 is 1.88. The summed E-state index contributed by atoms with van der Waals surface area (Å²) in [6, 6.07) is 7.82. The SMILES string of the molecule is O=C(NCC1(CO)CC1)Nc1ccccc1SC1CCCC1. The van der Waals surface area contributed by atoms with Crippen LogP contribution in [0.15, 0.2) is 29.2 Å². The normalized spacial score (nSPS) is 19.9. The highest BCUT2D eigenvalue weighted by molar-refractivity contribution is 8.00. The van der Waals surface area contributed by atoms with Crippen molar-refractivity contribution in [3.05, 3.63) is 24.3 Å². The van der Waals surface area contributed by atoms with Crippen LogP contribution < -0.4 is 10.6 Å². The van der Waals surface area contributed by atoms with Crippen molar-refractivity contribution in [1.29, 1.82) is 0 Å². The number of aliphatic hydroxyl groups is 1. The van der Waals surface area contributed by atoms with Gasteiger partial charge in [-0.25, -0.2) is 4.79 Å². The van der Waals surface area contributed by atoms with Crippen LogP contribution in [0.2, 0.25) is 0 Å². The molecule has 0 saturated heterocycles. The molecule has 0 radical (unpaired) electrons. The molecule has 0 aliphatic heterocycles. The quantitative estimate of drug-likeness (QED) is 0.750. The number of hydrogen-bond donors (Lipinski definition) is 3. The van der Waals surface area contributed by atoms with E-state index in [4.69, 9.17) is 0 Å². The molecule has 2 fully saturated rings. The van der Waals surface area contributed by atoms with Gasteiger partial charge in [-0.2, -0.15) is 0 Å². The Hall–Kier alpha value is -1.20. The zero-order valence-corrected chi connectivity index (χ0v) is 13.6.